The van der Waals surface area contributed by atoms with Crippen LogP contribution in [0.1, 0.15) is 18.5 Å². The van der Waals surface area contributed by atoms with Gasteiger partial charge in [-0.3, -0.25) is 4.79 Å². The minimum Gasteiger partial charge on any atom is -0.479 e. The molecule has 2 N–H and O–H groups in total. The lowest BCUT2D eigenvalue weighted by Gasteiger charge is -2.15. The highest BCUT2D eigenvalue weighted by Gasteiger charge is 2.16. The third-order valence-electron chi connectivity index (χ3n) is 4.25. The van der Waals surface area contributed by atoms with Crippen molar-refractivity contribution in [3.63, 3.8) is 0 Å². The summed E-state index contributed by atoms with van der Waals surface area (Å²) in [6.45, 7) is 1.77. The van der Waals surface area contributed by atoms with E-state index in [0.29, 0.717) is 22.2 Å². The van der Waals surface area contributed by atoms with Crippen molar-refractivity contribution in [3.8, 4) is 11.6 Å². The molecule has 0 amide bonds. The largest absolute Gasteiger partial charge is 0.479 e. The van der Waals surface area contributed by atoms with Gasteiger partial charge in [-0.2, -0.15) is 9.67 Å². The Morgan fingerprint density at radius 2 is 2.17 bits per heavy atom. The van der Waals surface area contributed by atoms with Gasteiger partial charge in [0.1, 0.15) is 17.8 Å². The Balaban J connectivity index is 1.65. The fraction of sp³-hybridized carbons (Fsp3) is 0.176. The zero-order valence-corrected chi connectivity index (χ0v) is 16.0. The van der Waals surface area contributed by atoms with E-state index in [2.05, 4.69) is 35.8 Å². The quantitative estimate of drug-likeness (QED) is 0.507. The van der Waals surface area contributed by atoms with Gasteiger partial charge in [0, 0.05) is 10.9 Å². The number of hydrogen-bond acceptors (Lipinski definition) is 8. The zero-order chi connectivity index (χ0) is 20.5. The maximum absolute atomic E-state index is 13.6. The number of nitrogens with one attached hydrogen (secondary N) is 2. The molecule has 29 heavy (non-hydrogen) atoms. The summed E-state index contributed by atoms with van der Waals surface area (Å²) in [5.74, 6) is -0.114. The van der Waals surface area contributed by atoms with Gasteiger partial charge in [0.15, 0.2) is 0 Å². The van der Waals surface area contributed by atoms with Crippen LogP contribution >= 0.6 is 11.6 Å². The van der Waals surface area contributed by atoms with Gasteiger partial charge in [-0.25, -0.2) is 9.37 Å². The van der Waals surface area contributed by atoms with Gasteiger partial charge in [0.25, 0.3) is 5.56 Å². The van der Waals surface area contributed by atoms with Crippen LogP contribution < -0.4 is 15.6 Å². The standard InChI is InChI=1S/C17H14ClFN8O2/c1-8(10-3-9-4-11(18)12(19)5-13(9)23-15(10)28)22-17-20-6-14(16(24-17)29-2)27-7-21-25-26-27/h3-8H,1-2H3,(H,23,28)(H,20,22,24)/t8-/m0/s1. The number of aromatic nitrogens is 7. The minimum atomic E-state index is -0.600. The van der Waals surface area contributed by atoms with Crippen molar-refractivity contribution in [1.29, 1.82) is 0 Å². The van der Waals surface area contributed by atoms with Gasteiger partial charge in [-0.05, 0) is 35.5 Å². The van der Waals surface area contributed by atoms with Crippen molar-refractivity contribution in [3.05, 3.63) is 57.5 Å². The smallest absolute Gasteiger partial charge is 0.253 e. The third kappa shape index (κ3) is 3.59. The molecule has 0 radical (unpaired) electrons. The summed E-state index contributed by atoms with van der Waals surface area (Å²) < 4.78 is 20.3. The first-order chi connectivity index (χ1) is 14.0. The van der Waals surface area contributed by atoms with Crippen molar-refractivity contribution in [2.75, 3.05) is 12.4 Å². The van der Waals surface area contributed by atoms with Crippen LogP contribution in [0.5, 0.6) is 5.88 Å². The molecule has 4 rings (SSSR count). The molecule has 0 aliphatic heterocycles. The van der Waals surface area contributed by atoms with Crippen LogP contribution in [0.15, 0.2) is 35.5 Å². The Morgan fingerprint density at radius 1 is 1.34 bits per heavy atom. The molecule has 0 bridgehead atoms. The summed E-state index contributed by atoms with van der Waals surface area (Å²) >= 11 is 5.85. The van der Waals surface area contributed by atoms with Gasteiger partial charge in [-0.15, -0.1) is 5.10 Å². The summed E-state index contributed by atoms with van der Waals surface area (Å²) in [6.07, 6.45) is 2.88. The fourth-order valence-electron chi connectivity index (χ4n) is 2.82. The molecule has 1 aromatic carbocycles. The van der Waals surface area contributed by atoms with Gasteiger partial charge in [0.2, 0.25) is 11.8 Å². The van der Waals surface area contributed by atoms with Crippen LogP contribution in [0.4, 0.5) is 10.3 Å². The molecular weight excluding hydrogens is 403 g/mol. The van der Waals surface area contributed by atoms with Crippen LogP contribution in [0.25, 0.3) is 16.6 Å². The van der Waals surface area contributed by atoms with Crippen molar-refractivity contribution in [1.82, 2.24) is 35.2 Å². The van der Waals surface area contributed by atoms with Crippen LogP contribution in [0.2, 0.25) is 5.02 Å². The number of tetrazole rings is 1. The number of rotatable bonds is 5. The zero-order valence-electron chi connectivity index (χ0n) is 15.2. The predicted molar refractivity (Wildman–Crippen MR) is 103 cm³/mol. The number of nitrogens with zero attached hydrogens (tertiary/aromatic N) is 6. The summed E-state index contributed by atoms with van der Waals surface area (Å²) in [5.41, 5.74) is 0.858. The van der Waals surface area contributed by atoms with E-state index < -0.39 is 11.9 Å². The molecular formula is C17H14ClFN8O2. The molecule has 0 fully saturated rings. The highest BCUT2D eigenvalue weighted by atomic mass is 35.5. The molecule has 0 aliphatic carbocycles. The first-order valence-corrected chi connectivity index (χ1v) is 8.77. The van der Waals surface area contributed by atoms with Crippen LogP contribution in [0.3, 0.4) is 0 Å². The number of anilines is 1. The topological polar surface area (TPSA) is 123 Å². The number of halogens is 2. The molecule has 0 saturated carbocycles. The second-order valence-corrected chi connectivity index (χ2v) is 6.52. The first-order valence-electron chi connectivity index (χ1n) is 8.39. The van der Waals surface area contributed by atoms with E-state index in [-0.39, 0.29) is 22.4 Å². The van der Waals surface area contributed by atoms with E-state index in [1.54, 1.807) is 13.0 Å². The van der Waals surface area contributed by atoms with Crippen LogP contribution in [0, 0.1) is 5.82 Å². The Bertz CT molecular complexity index is 1240. The van der Waals surface area contributed by atoms with E-state index in [9.17, 15) is 9.18 Å². The number of ether oxygens (including phenoxy) is 1. The molecule has 12 heteroatoms. The monoisotopic (exact) mass is 416 g/mol. The van der Waals surface area contributed by atoms with Crippen molar-refractivity contribution >= 4 is 28.5 Å². The summed E-state index contributed by atoms with van der Waals surface area (Å²) in [4.78, 5) is 23.6. The Morgan fingerprint density at radius 3 is 2.90 bits per heavy atom. The lowest BCUT2D eigenvalue weighted by atomic mass is 10.1. The average Bonchev–Trinajstić information content (AvgIpc) is 3.23. The molecule has 0 saturated heterocycles. The molecule has 3 heterocycles. The van der Waals surface area contributed by atoms with Crippen molar-refractivity contribution in [2.24, 2.45) is 0 Å². The van der Waals surface area contributed by atoms with Gasteiger partial charge in [-0.1, -0.05) is 11.6 Å². The lowest BCUT2D eigenvalue weighted by Crippen LogP contribution is -2.20. The molecule has 0 spiro atoms. The number of pyridine rings is 1. The lowest BCUT2D eigenvalue weighted by molar-refractivity contribution is 0.394. The summed E-state index contributed by atoms with van der Waals surface area (Å²) in [5, 5.41) is 14.5. The number of aromatic amines is 1. The average molecular weight is 417 g/mol. The van der Waals surface area contributed by atoms with E-state index in [1.807, 2.05) is 0 Å². The van der Waals surface area contributed by atoms with E-state index >= 15 is 0 Å². The molecule has 10 nitrogen and oxygen atoms in total. The van der Waals surface area contributed by atoms with E-state index in [0.717, 1.165) is 0 Å². The van der Waals surface area contributed by atoms with Gasteiger partial charge < -0.3 is 15.0 Å². The van der Waals surface area contributed by atoms with Crippen molar-refractivity contribution < 1.29 is 9.13 Å². The number of H-pyrrole nitrogens is 1. The predicted octanol–water partition coefficient (Wildman–Crippen LogP) is 2.27. The number of methoxy groups -OCH3 is 1. The summed E-state index contributed by atoms with van der Waals surface area (Å²) in [7, 11) is 1.46. The molecule has 0 unspecified atom stereocenters. The van der Waals surface area contributed by atoms with E-state index in [4.69, 9.17) is 16.3 Å². The molecule has 1 atom stereocenters. The molecule has 3 aromatic heterocycles. The second kappa shape index (κ2) is 7.43. The molecule has 4 aromatic rings. The maximum atomic E-state index is 13.6. The number of benzene rings is 1. The Kier molecular flexibility index (Phi) is 4.80. The van der Waals surface area contributed by atoms with Gasteiger partial charge >= 0.3 is 0 Å². The minimum absolute atomic E-state index is 0.0256. The molecule has 148 valence electrons. The SMILES string of the molecule is COc1nc(N[C@@H](C)c2cc3cc(Cl)c(F)cc3[nH]c2=O)ncc1-n1cnnn1. The Hall–Kier alpha value is -3.60. The highest BCUT2D eigenvalue weighted by molar-refractivity contribution is 6.31. The Labute approximate surface area is 167 Å². The number of fused-ring (bicyclic) bond motifs is 1. The highest BCUT2D eigenvalue weighted by Crippen LogP contribution is 2.25. The second-order valence-electron chi connectivity index (χ2n) is 6.12. The summed E-state index contributed by atoms with van der Waals surface area (Å²) in [6, 6.07) is 3.82. The number of hydrogen-bond donors (Lipinski definition) is 2. The fourth-order valence-corrected chi connectivity index (χ4v) is 2.99. The van der Waals surface area contributed by atoms with Crippen LogP contribution in [-0.2, 0) is 0 Å². The normalized spacial score (nSPS) is 12.1. The van der Waals surface area contributed by atoms with Crippen molar-refractivity contribution in [2.45, 2.75) is 13.0 Å². The van der Waals surface area contributed by atoms with E-state index in [1.165, 1.54) is 36.4 Å². The maximum Gasteiger partial charge on any atom is 0.253 e. The van der Waals surface area contributed by atoms with Gasteiger partial charge in [0.05, 0.1) is 29.9 Å². The first kappa shape index (κ1) is 18.7. The molecule has 0 aliphatic rings. The third-order valence-corrected chi connectivity index (χ3v) is 4.54. The van der Waals surface area contributed by atoms with Crippen LogP contribution in [-0.4, -0.2) is 42.3 Å².